The average Bonchev–Trinajstić information content (AvgIpc) is 3.10. The van der Waals surface area contributed by atoms with Crippen molar-refractivity contribution in [2.24, 2.45) is 0 Å². The summed E-state index contributed by atoms with van der Waals surface area (Å²) in [6.45, 7) is 5.02. The molecule has 3 rings (SSSR count). The number of aromatic nitrogens is 2. The first kappa shape index (κ1) is 14.6. The molecule has 0 radical (unpaired) electrons. The van der Waals surface area contributed by atoms with Crippen molar-refractivity contribution in [3.63, 3.8) is 0 Å². The number of hydrogen-bond donors (Lipinski definition) is 0. The van der Waals surface area contributed by atoms with Crippen LogP contribution in [0.25, 0.3) is 0 Å². The minimum Gasteiger partial charge on any atom is -0.487 e. The van der Waals surface area contributed by atoms with Crippen LogP contribution in [0.5, 0.6) is 5.75 Å². The molecule has 3 heterocycles. The van der Waals surface area contributed by atoms with Gasteiger partial charge in [0.25, 0.3) is 0 Å². The number of hydrogen-bond acceptors (Lipinski definition) is 5. The van der Waals surface area contributed by atoms with Crippen molar-refractivity contribution in [2.75, 3.05) is 13.1 Å². The van der Waals surface area contributed by atoms with E-state index in [0.717, 1.165) is 23.4 Å². The minimum atomic E-state index is 0.0258. The summed E-state index contributed by atoms with van der Waals surface area (Å²) in [5.41, 5.74) is 1.68. The second-order valence-corrected chi connectivity index (χ2v) is 5.54. The summed E-state index contributed by atoms with van der Waals surface area (Å²) in [5.74, 6) is 1.55. The molecule has 22 heavy (non-hydrogen) atoms. The zero-order chi connectivity index (χ0) is 15.5. The van der Waals surface area contributed by atoms with E-state index in [1.54, 1.807) is 12.4 Å². The molecule has 1 aliphatic rings. The molecule has 0 saturated carbocycles. The Morgan fingerprint density at radius 2 is 2.36 bits per heavy atom. The van der Waals surface area contributed by atoms with Gasteiger partial charge in [-0.2, -0.15) is 0 Å². The molecule has 1 atom stereocenters. The van der Waals surface area contributed by atoms with Gasteiger partial charge in [-0.05, 0) is 26.0 Å². The number of nitrogens with zero attached hydrogens (tertiary/aromatic N) is 3. The van der Waals surface area contributed by atoms with Crippen LogP contribution in [0.2, 0.25) is 0 Å². The Morgan fingerprint density at radius 1 is 1.50 bits per heavy atom. The number of likely N-dealkylation sites (tertiary alicyclic amines) is 1. The van der Waals surface area contributed by atoms with E-state index in [1.165, 1.54) is 0 Å². The van der Waals surface area contributed by atoms with Gasteiger partial charge in [0.1, 0.15) is 17.6 Å². The van der Waals surface area contributed by atoms with Gasteiger partial charge in [-0.25, -0.2) is 0 Å². The maximum absolute atomic E-state index is 12.4. The molecule has 1 amide bonds. The largest absolute Gasteiger partial charge is 0.487 e. The molecule has 2 aromatic heterocycles. The van der Waals surface area contributed by atoms with Crippen LogP contribution in [-0.2, 0) is 11.2 Å². The first-order valence-corrected chi connectivity index (χ1v) is 7.39. The van der Waals surface area contributed by atoms with E-state index in [9.17, 15) is 4.79 Å². The van der Waals surface area contributed by atoms with Crippen molar-refractivity contribution in [2.45, 2.75) is 32.8 Å². The maximum atomic E-state index is 12.4. The summed E-state index contributed by atoms with van der Waals surface area (Å²) >= 11 is 0. The second-order valence-electron chi connectivity index (χ2n) is 5.54. The number of pyridine rings is 1. The molecular weight excluding hydrogens is 282 g/mol. The molecule has 6 nitrogen and oxygen atoms in total. The Kier molecular flexibility index (Phi) is 4.09. The summed E-state index contributed by atoms with van der Waals surface area (Å²) in [7, 11) is 0. The van der Waals surface area contributed by atoms with Gasteiger partial charge in [-0.15, -0.1) is 0 Å². The van der Waals surface area contributed by atoms with E-state index in [0.29, 0.717) is 25.3 Å². The Balaban J connectivity index is 1.57. The van der Waals surface area contributed by atoms with Crippen LogP contribution < -0.4 is 4.74 Å². The average molecular weight is 301 g/mol. The topological polar surface area (TPSA) is 68.5 Å². The van der Waals surface area contributed by atoms with E-state index in [2.05, 4.69) is 10.1 Å². The zero-order valence-electron chi connectivity index (χ0n) is 12.8. The van der Waals surface area contributed by atoms with Crippen LogP contribution in [0.15, 0.2) is 29.0 Å². The van der Waals surface area contributed by atoms with Crippen molar-refractivity contribution < 1.29 is 14.1 Å². The van der Waals surface area contributed by atoms with Gasteiger partial charge >= 0.3 is 0 Å². The Hall–Kier alpha value is -2.37. The van der Waals surface area contributed by atoms with Crippen molar-refractivity contribution >= 4 is 5.91 Å². The van der Waals surface area contributed by atoms with Crippen LogP contribution in [0.3, 0.4) is 0 Å². The second kappa shape index (κ2) is 6.17. The van der Waals surface area contributed by atoms with E-state index in [4.69, 9.17) is 9.26 Å². The molecule has 6 heteroatoms. The van der Waals surface area contributed by atoms with E-state index < -0.39 is 0 Å². The Labute approximate surface area is 129 Å². The molecule has 0 bridgehead atoms. The van der Waals surface area contributed by atoms with Crippen molar-refractivity contribution in [1.82, 2.24) is 15.0 Å². The monoisotopic (exact) mass is 301 g/mol. The predicted octanol–water partition coefficient (Wildman–Crippen LogP) is 1.91. The number of carbonyl (C=O) groups is 1. The van der Waals surface area contributed by atoms with Gasteiger partial charge in [0.2, 0.25) is 5.91 Å². The van der Waals surface area contributed by atoms with Crippen molar-refractivity contribution in [3.05, 3.63) is 41.5 Å². The normalized spacial score (nSPS) is 17.7. The highest BCUT2D eigenvalue weighted by Crippen LogP contribution is 2.19. The van der Waals surface area contributed by atoms with Crippen LogP contribution >= 0.6 is 0 Å². The number of rotatable bonds is 4. The van der Waals surface area contributed by atoms with Gasteiger partial charge in [0, 0.05) is 24.7 Å². The first-order chi connectivity index (χ1) is 10.6. The zero-order valence-corrected chi connectivity index (χ0v) is 12.8. The number of aryl methyl sites for hydroxylation is 2. The third-order valence-corrected chi connectivity index (χ3v) is 3.94. The number of carbonyl (C=O) groups excluding carboxylic acids is 1. The van der Waals surface area contributed by atoms with E-state index in [1.807, 2.05) is 30.9 Å². The van der Waals surface area contributed by atoms with Crippen molar-refractivity contribution in [1.29, 1.82) is 0 Å². The molecule has 1 fully saturated rings. The molecule has 0 spiro atoms. The summed E-state index contributed by atoms with van der Waals surface area (Å²) in [6, 6.07) is 3.71. The fourth-order valence-corrected chi connectivity index (χ4v) is 2.68. The van der Waals surface area contributed by atoms with Gasteiger partial charge < -0.3 is 14.2 Å². The van der Waals surface area contributed by atoms with Gasteiger partial charge in [0.05, 0.1) is 24.9 Å². The van der Waals surface area contributed by atoms with E-state index >= 15 is 0 Å². The SMILES string of the molecule is Cc1noc(C)c1CC(=O)N1CC[C@@H](Oc2cccnc2)C1. The lowest BCUT2D eigenvalue weighted by Crippen LogP contribution is -2.32. The van der Waals surface area contributed by atoms with E-state index in [-0.39, 0.29) is 12.0 Å². The lowest BCUT2D eigenvalue weighted by atomic mass is 10.1. The van der Waals surface area contributed by atoms with Crippen molar-refractivity contribution in [3.8, 4) is 5.75 Å². The lowest BCUT2D eigenvalue weighted by Gasteiger charge is -2.17. The van der Waals surface area contributed by atoms with Gasteiger partial charge in [0.15, 0.2) is 0 Å². The Morgan fingerprint density at radius 3 is 3.05 bits per heavy atom. The van der Waals surface area contributed by atoms with Crippen LogP contribution in [0, 0.1) is 13.8 Å². The summed E-state index contributed by atoms with van der Waals surface area (Å²) < 4.78 is 11.0. The lowest BCUT2D eigenvalue weighted by molar-refractivity contribution is -0.129. The fourth-order valence-electron chi connectivity index (χ4n) is 2.68. The summed E-state index contributed by atoms with van der Waals surface area (Å²) in [5, 5.41) is 3.89. The molecule has 0 aliphatic carbocycles. The predicted molar refractivity (Wildman–Crippen MR) is 79.5 cm³/mol. The van der Waals surface area contributed by atoms with Crippen LogP contribution in [0.4, 0.5) is 0 Å². The van der Waals surface area contributed by atoms with Crippen LogP contribution in [0.1, 0.15) is 23.4 Å². The highest BCUT2D eigenvalue weighted by molar-refractivity contribution is 5.79. The molecule has 0 aromatic carbocycles. The summed E-state index contributed by atoms with van der Waals surface area (Å²) in [4.78, 5) is 18.3. The smallest absolute Gasteiger partial charge is 0.227 e. The van der Waals surface area contributed by atoms with Crippen LogP contribution in [-0.4, -0.2) is 40.1 Å². The fraction of sp³-hybridized carbons (Fsp3) is 0.438. The molecule has 116 valence electrons. The number of amides is 1. The standard InChI is InChI=1S/C16H19N3O3/c1-11-15(12(2)22-18-11)8-16(20)19-7-5-14(10-19)21-13-4-3-6-17-9-13/h3-4,6,9,14H,5,7-8,10H2,1-2H3/t14-/m1/s1. The molecule has 0 unspecified atom stereocenters. The molecular formula is C16H19N3O3. The molecule has 1 saturated heterocycles. The number of ether oxygens (including phenoxy) is 1. The maximum Gasteiger partial charge on any atom is 0.227 e. The molecule has 0 N–H and O–H groups in total. The quantitative estimate of drug-likeness (QED) is 0.863. The third-order valence-electron chi connectivity index (χ3n) is 3.94. The Bertz CT molecular complexity index is 634. The van der Waals surface area contributed by atoms with Gasteiger partial charge in [-0.3, -0.25) is 9.78 Å². The summed E-state index contributed by atoms with van der Waals surface area (Å²) in [6.07, 6.45) is 4.59. The molecule has 1 aliphatic heterocycles. The molecule has 2 aromatic rings. The highest BCUT2D eigenvalue weighted by atomic mass is 16.5. The highest BCUT2D eigenvalue weighted by Gasteiger charge is 2.28. The minimum absolute atomic E-state index is 0.0258. The third kappa shape index (κ3) is 3.10. The van der Waals surface area contributed by atoms with Gasteiger partial charge in [-0.1, -0.05) is 5.16 Å². The first-order valence-electron chi connectivity index (χ1n) is 7.39.